The summed E-state index contributed by atoms with van der Waals surface area (Å²) >= 11 is 6.22. The molecule has 2 nitrogen and oxygen atoms in total. The molecule has 1 aliphatic rings. The lowest BCUT2D eigenvalue weighted by Crippen LogP contribution is -2.33. The summed E-state index contributed by atoms with van der Waals surface area (Å²) in [5.41, 5.74) is 0.800. The molecular weight excluding hydrogens is 265 g/mol. The Morgan fingerprint density at radius 3 is 2.89 bits per heavy atom. The Bertz CT molecular complexity index is 427. The van der Waals surface area contributed by atoms with E-state index in [2.05, 4.69) is 19.2 Å². The van der Waals surface area contributed by atoms with E-state index < -0.39 is 0 Å². The van der Waals surface area contributed by atoms with Crippen LogP contribution in [0, 0.1) is 5.82 Å². The van der Waals surface area contributed by atoms with Crippen molar-refractivity contribution in [1.82, 2.24) is 5.32 Å². The average molecular weight is 286 g/mol. The Morgan fingerprint density at radius 2 is 2.26 bits per heavy atom. The van der Waals surface area contributed by atoms with Crippen LogP contribution >= 0.6 is 11.6 Å². The highest BCUT2D eigenvalue weighted by atomic mass is 35.5. The summed E-state index contributed by atoms with van der Waals surface area (Å²) in [6, 6.07) is 4.49. The highest BCUT2D eigenvalue weighted by molar-refractivity contribution is 6.31. The fourth-order valence-electron chi connectivity index (χ4n) is 2.57. The molecule has 0 spiro atoms. The zero-order valence-electron chi connectivity index (χ0n) is 11.5. The van der Waals surface area contributed by atoms with Gasteiger partial charge in [-0.2, -0.15) is 0 Å². The van der Waals surface area contributed by atoms with Crippen molar-refractivity contribution in [3.8, 4) is 0 Å². The van der Waals surface area contributed by atoms with E-state index in [1.54, 1.807) is 6.07 Å². The molecule has 2 rings (SSSR count). The second-order valence-corrected chi connectivity index (χ2v) is 5.57. The number of benzene rings is 1. The molecule has 0 saturated carbocycles. The van der Waals surface area contributed by atoms with Crippen molar-refractivity contribution in [1.29, 1.82) is 0 Å². The van der Waals surface area contributed by atoms with Crippen molar-refractivity contribution in [3.63, 3.8) is 0 Å². The standard InChI is InChI=1S/C15H21ClFNO/c1-3-8-18-15(14-7-4-10(2)19-14)12-9-11(17)5-6-13(12)16/h5-6,9-10,14-15,18H,3-4,7-8H2,1-2H3. The van der Waals surface area contributed by atoms with E-state index >= 15 is 0 Å². The maximum atomic E-state index is 13.5. The minimum absolute atomic E-state index is 0.0342. The summed E-state index contributed by atoms with van der Waals surface area (Å²) < 4.78 is 19.4. The number of halogens is 2. The van der Waals surface area contributed by atoms with Crippen molar-refractivity contribution in [2.45, 2.75) is 51.4 Å². The highest BCUT2D eigenvalue weighted by Crippen LogP contribution is 2.33. The third-order valence-electron chi connectivity index (χ3n) is 3.54. The molecule has 3 unspecified atom stereocenters. The average Bonchev–Trinajstić information content (AvgIpc) is 2.80. The van der Waals surface area contributed by atoms with Crippen LogP contribution in [0.4, 0.5) is 4.39 Å². The first-order valence-electron chi connectivity index (χ1n) is 6.95. The Kier molecular flexibility index (Phi) is 5.20. The smallest absolute Gasteiger partial charge is 0.123 e. The van der Waals surface area contributed by atoms with Crippen LogP contribution in [0.5, 0.6) is 0 Å². The van der Waals surface area contributed by atoms with E-state index in [1.165, 1.54) is 12.1 Å². The summed E-state index contributed by atoms with van der Waals surface area (Å²) in [4.78, 5) is 0. The number of hydrogen-bond donors (Lipinski definition) is 1. The molecule has 19 heavy (non-hydrogen) atoms. The van der Waals surface area contributed by atoms with E-state index in [-0.39, 0.29) is 24.1 Å². The van der Waals surface area contributed by atoms with Crippen LogP contribution in [-0.4, -0.2) is 18.8 Å². The van der Waals surface area contributed by atoms with Gasteiger partial charge in [-0.1, -0.05) is 18.5 Å². The molecule has 0 radical (unpaired) electrons. The first-order valence-corrected chi connectivity index (χ1v) is 7.33. The molecule has 0 bridgehead atoms. The summed E-state index contributed by atoms with van der Waals surface area (Å²) in [7, 11) is 0. The molecule has 1 aromatic rings. The molecule has 106 valence electrons. The van der Waals surface area contributed by atoms with Gasteiger partial charge in [0, 0.05) is 5.02 Å². The van der Waals surface area contributed by atoms with E-state index in [9.17, 15) is 4.39 Å². The Labute approximate surface area is 119 Å². The number of ether oxygens (including phenoxy) is 1. The van der Waals surface area contributed by atoms with Crippen molar-refractivity contribution < 1.29 is 9.13 Å². The van der Waals surface area contributed by atoms with Crippen LogP contribution in [0.3, 0.4) is 0 Å². The largest absolute Gasteiger partial charge is 0.373 e. The maximum Gasteiger partial charge on any atom is 0.123 e. The van der Waals surface area contributed by atoms with Gasteiger partial charge in [0.1, 0.15) is 5.82 Å². The van der Waals surface area contributed by atoms with Crippen LogP contribution in [0.15, 0.2) is 18.2 Å². The molecule has 1 aromatic carbocycles. The van der Waals surface area contributed by atoms with Crippen molar-refractivity contribution in [3.05, 3.63) is 34.6 Å². The predicted molar refractivity (Wildman–Crippen MR) is 76.0 cm³/mol. The monoisotopic (exact) mass is 285 g/mol. The van der Waals surface area contributed by atoms with Crippen molar-refractivity contribution in [2.75, 3.05) is 6.54 Å². The fraction of sp³-hybridized carbons (Fsp3) is 0.600. The molecular formula is C15H21ClFNO. The quantitative estimate of drug-likeness (QED) is 0.880. The van der Waals surface area contributed by atoms with Gasteiger partial charge in [0.15, 0.2) is 0 Å². The normalized spacial score (nSPS) is 24.6. The van der Waals surface area contributed by atoms with Gasteiger partial charge in [-0.25, -0.2) is 4.39 Å². The molecule has 1 N–H and O–H groups in total. The van der Waals surface area contributed by atoms with Gasteiger partial charge in [0.2, 0.25) is 0 Å². The summed E-state index contributed by atoms with van der Waals surface area (Å²) in [6.07, 6.45) is 3.38. The van der Waals surface area contributed by atoms with Gasteiger partial charge in [0.05, 0.1) is 18.2 Å². The lowest BCUT2D eigenvalue weighted by atomic mass is 9.98. The second kappa shape index (κ2) is 6.69. The summed E-state index contributed by atoms with van der Waals surface area (Å²) in [5.74, 6) is -0.256. The second-order valence-electron chi connectivity index (χ2n) is 5.16. The number of nitrogens with one attached hydrogen (secondary N) is 1. The molecule has 1 fully saturated rings. The van der Waals surface area contributed by atoms with Crippen molar-refractivity contribution >= 4 is 11.6 Å². The fourth-order valence-corrected chi connectivity index (χ4v) is 2.81. The van der Waals surface area contributed by atoms with E-state index in [0.717, 1.165) is 31.4 Å². The summed E-state index contributed by atoms with van der Waals surface area (Å²) in [5, 5.41) is 4.04. The van der Waals surface area contributed by atoms with E-state index in [0.29, 0.717) is 5.02 Å². The molecule has 1 heterocycles. The zero-order chi connectivity index (χ0) is 13.8. The molecule has 0 aliphatic carbocycles. The van der Waals surface area contributed by atoms with Crippen LogP contribution in [0.25, 0.3) is 0 Å². The number of hydrogen-bond acceptors (Lipinski definition) is 2. The predicted octanol–water partition coefficient (Wildman–Crippen LogP) is 4.09. The Morgan fingerprint density at radius 1 is 1.47 bits per heavy atom. The molecule has 1 saturated heterocycles. The van der Waals surface area contributed by atoms with E-state index in [4.69, 9.17) is 16.3 Å². The lowest BCUT2D eigenvalue weighted by molar-refractivity contribution is 0.0316. The molecule has 3 atom stereocenters. The maximum absolute atomic E-state index is 13.5. The van der Waals surface area contributed by atoms with Crippen LogP contribution in [0.2, 0.25) is 5.02 Å². The molecule has 0 aromatic heterocycles. The summed E-state index contributed by atoms with van der Waals surface area (Å²) in [6.45, 7) is 5.05. The van der Waals surface area contributed by atoms with Crippen LogP contribution < -0.4 is 5.32 Å². The topological polar surface area (TPSA) is 21.3 Å². The lowest BCUT2D eigenvalue weighted by Gasteiger charge is -2.26. The highest BCUT2D eigenvalue weighted by Gasteiger charge is 2.31. The molecule has 1 aliphatic heterocycles. The van der Waals surface area contributed by atoms with E-state index in [1.807, 2.05) is 0 Å². The number of rotatable bonds is 5. The first kappa shape index (κ1) is 14.8. The van der Waals surface area contributed by atoms with Gasteiger partial charge in [-0.15, -0.1) is 0 Å². The molecule has 4 heteroatoms. The first-order chi connectivity index (χ1) is 9.11. The van der Waals surface area contributed by atoms with Gasteiger partial charge in [0.25, 0.3) is 0 Å². The SMILES string of the molecule is CCCNC(c1cc(F)ccc1Cl)C1CCC(C)O1. The third kappa shape index (κ3) is 3.68. The van der Waals surface area contributed by atoms with Crippen LogP contribution in [0.1, 0.15) is 44.7 Å². The minimum atomic E-state index is -0.256. The van der Waals surface area contributed by atoms with Gasteiger partial charge < -0.3 is 10.1 Å². The van der Waals surface area contributed by atoms with Gasteiger partial charge in [-0.05, 0) is 56.5 Å². The van der Waals surface area contributed by atoms with Crippen molar-refractivity contribution in [2.24, 2.45) is 0 Å². The van der Waals surface area contributed by atoms with Crippen LogP contribution in [-0.2, 0) is 4.74 Å². The zero-order valence-corrected chi connectivity index (χ0v) is 12.2. The van der Waals surface area contributed by atoms with Gasteiger partial charge in [-0.3, -0.25) is 0 Å². The minimum Gasteiger partial charge on any atom is -0.373 e. The molecule has 0 amide bonds. The van der Waals surface area contributed by atoms with Gasteiger partial charge >= 0.3 is 0 Å². The Hall–Kier alpha value is -0.640. The Balaban J connectivity index is 2.23. The third-order valence-corrected chi connectivity index (χ3v) is 3.89.